The van der Waals surface area contributed by atoms with Crippen LogP contribution >= 0.6 is 0 Å². The molecule has 1 heterocycles. The van der Waals surface area contributed by atoms with Crippen LogP contribution in [0.5, 0.6) is 5.75 Å². The molecule has 156 valence electrons. The lowest BCUT2D eigenvalue weighted by atomic mass is 10.0. The molecule has 0 aromatic heterocycles. The van der Waals surface area contributed by atoms with Gasteiger partial charge in [0.05, 0.1) is 25.1 Å². The largest absolute Gasteiger partial charge is 0.497 e. The molecule has 0 saturated carbocycles. The first-order valence-electron chi connectivity index (χ1n) is 9.67. The molecule has 1 aliphatic rings. The van der Waals surface area contributed by atoms with Gasteiger partial charge in [0.2, 0.25) is 5.91 Å². The minimum Gasteiger partial charge on any atom is -0.497 e. The number of rotatable bonds is 7. The first-order chi connectivity index (χ1) is 13.9. The number of methoxy groups -OCH3 is 1. The summed E-state index contributed by atoms with van der Waals surface area (Å²) in [5.74, 6) is 0.555. The molecular weight excluding hydrogens is 381 g/mol. The molecule has 3 rings (SSSR count). The Morgan fingerprint density at radius 2 is 1.83 bits per heavy atom. The van der Waals surface area contributed by atoms with E-state index in [-0.39, 0.29) is 18.4 Å². The summed E-state index contributed by atoms with van der Waals surface area (Å²) >= 11 is 0. The minimum absolute atomic E-state index is 0.0316. The molecule has 2 aromatic carbocycles. The first-order valence-corrected chi connectivity index (χ1v) is 9.67. The molecular formula is C22H25F3N2O2. The average Bonchev–Trinajstić information content (AvgIpc) is 3.22. The van der Waals surface area contributed by atoms with Gasteiger partial charge in [0.1, 0.15) is 5.75 Å². The van der Waals surface area contributed by atoms with Crippen LogP contribution in [0, 0.1) is 0 Å². The van der Waals surface area contributed by atoms with Gasteiger partial charge in [0.25, 0.3) is 0 Å². The van der Waals surface area contributed by atoms with Crippen LogP contribution in [0.3, 0.4) is 0 Å². The molecule has 1 amide bonds. The van der Waals surface area contributed by atoms with Crippen molar-refractivity contribution in [1.29, 1.82) is 0 Å². The molecule has 0 spiro atoms. The highest BCUT2D eigenvalue weighted by Gasteiger charge is 2.30. The Bertz CT molecular complexity index is 816. The van der Waals surface area contributed by atoms with Gasteiger partial charge >= 0.3 is 6.18 Å². The molecule has 2 aromatic rings. The topological polar surface area (TPSA) is 41.6 Å². The lowest BCUT2D eigenvalue weighted by molar-refractivity contribution is -0.137. The lowest BCUT2D eigenvalue weighted by Crippen LogP contribution is -2.37. The average molecular weight is 406 g/mol. The Balaban J connectivity index is 1.63. The summed E-state index contributed by atoms with van der Waals surface area (Å²) in [5, 5.41) is 2.95. The Labute approximate surface area is 168 Å². The number of carbonyl (C=O) groups excluding carboxylic acids is 1. The van der Waals surface area contributed by atoms with Crippen LogP contribution in [-0.2, 0) is 17.4 Å². The minimum atomic E-state index is -4.37. The van der Waals surface area contributed by atoms with E-state index in [1.807, 2.05) is 24.3 Å². The maximum absolute atomic E-state index is 12.7. The van der Waals surface area contributed by atoms with Crippen LogP contribution in [-0.4, -0.2) is 37.6 Å². The number of halogens is 3. The summed E-state index contributed by atoms with van der Waals surface area (Å²) in [6.45, 7) is 2.37. The van der Waals surface area contributed by atoms with E-state index in [2.05, 4.69) is 10.2 Å². The number of hydrogen-bond acceptors (Lipinski definition) is 3. The van der Waals surface area contributed by atoms with Gasteiger partial charge in [0, 0.05) is 6.54 Å². The van der Waals surface area contributed by atoms with Crippen molar-refractivity contribution >= 4 is 5.91 Å². The standard InChI is InChI=1S/C22H25F3N2O2/c1-29-19-6-4-5-17(14-19)20(27-11-2-3-12-27)15-26-21(28)13-16-7-9-18(10-8-16)22(23,24)25/h4-10,14,20H,2-3,11-13,15H2,1H3,(H,26,28). The van der Waals surface area contributed by atoms with Crippen LogP contribution in [0.1, 0.15) is 35.6 Å². The Kier molecular flexibility index (Phi) is 6.79. The Hall–Kier alpha value is -2.54. The van der Waals surface area contributed by atoms with Gasteiger partial charge in [-0.3, -0.25) is 9.69 Å². The fraction of sp³-hybridized carbons (Fsp3) is 0.409. The monoisotopic (exact) mass is 406 g/mol. The van der Waals surface area contributed by atoms with Gasteiger partial charge in [-0.15, -0.1) is 0 Å². The number of ether oxygens (including phenoxy) is 1. The van der Waals surface area contributed by atoms with Crippen molar-refractivity contribution < 1.29 is 22.7 Å². The maximum atomic E-state index is 12.7. The number of benzene rings is 2. The molecule has 29 heavy (non-hydrogen) atoms. The van der Waals surface area contributed by atoms with E-state index in [1.165, 1.54) is 12.1 Å². The second kappa shape index (κ2) is 9.31. The summed E-state index contributed by atoms with van der Waals surface area (Å²) < 4.78 is 43.3. The number of carbonyl (C=O) groups is 1. The van der Waals surface area contributed by atoms with Crippen molar-refractivity contribution in [3.63, 3.8) is 0 Å². The molecule has 0 aliphatic carbocycles. The summed E-state index contributed by atoms with van der Waals surface area (Å²) in [6.07, 6.45) is -2.08. The molecule has 0 radical (unpaired) electrons. The van der Waals surface area contributed by atoms with Gasteiger partial charge in [-0.2, -0.15) is 13.2 Å². The van der Waals surface area contributed by atoms with Crippen molar-refractivity contribution in [2.24, 2.45) is 0 Å². The van der Waals surface area contributed by atoms with Gasteiger partial charge in [-0.25, -0.2) is 0 Å². The fourth-order valence-corrected chi connectivity index (χ4v) is 3.63. The molecule has 0 bridgehead atoms. The van der Waals surface area contributed by atoms with E-state index in [1.54, 1.807) is 7.11 Å². The lowest BCUT2D eigenvalue weighted by Gasteiger charge is -2.28. The van der Waals surface area contributed by atoms with E-state index < -0.39 is 11.7 Å². The van der Waals surface area contributed by atoms with Crippen LogP contribution in [0.2, 0.25) is 0 Å². The summed E-state index contributed by atoms with van der Waals surface area (Å²) in [7, 11) is 1.62. The second-order valence-corrected chi connectivity index (χ2v) is 7.21. The zero-order valence-corrected chi connectivity index (χ0v) is 16.3. The highest BCUT2D eigenvalue weighted by atomic mass is 19.4. The van der Waals surface area contributed by atoms with Crippen LogP contribution in [0.15, 0.2) is 48.5 Å². The van der Waals surface area contributed by atoms with Gasteiger partial charge in [-0.05, 0) is 61.3 Å². The van der Waals surface area contributed by atoms with E-state index in [0.29, 0.717) is 12.1 Å². The predicted molar refractivity (Wildman–Crippen MR) is 105 cm³/mol. The molecule has 1 atom stereocenters. The number of nitrogens with zero attached hydrogens (tertiary/aromatic N) is 1. The molecule has 1 N–H and O–H groups in total. The SMILES string of the molecule is COc1cccc(C(CNC(=O)Cc2ccc(C(F)(F)F)cc2)N2CCCC2)c1. The Morgan fingerprint density at radius 3 is 2.45 bits per heavy atom. The number of amides is 1. The zero-order valence-electron chi connectivity index (χ0n) is 16.3. The number of likely N-dealkylation sites (tertiary alicyclic amines) is 1. The third-order valence-electron chi connectivity index (χ3n) is 5.20. The molecule has 1 fully saturated rings. The third-order valence-corrected chi connectivity index (χ3v) is 5.20. The third kappa shape index (κ3) is 5.73. The number of alkyl halides is 3. The highest BCUT2D eigenvalue weighted by molar-refractivity contribution is 5.78. The smallest absolute Gasteiger partial charge is 0.416 e. The van der Waals surface area contributed by atoms with Crippen molar-refractivity contribution in [1.82, 2.24) is 10.2 Å². The quantitative estimate of drug-likeness (QED) is 0.749. The van der Waals surface area contributed by atoms with Crippen LogP contribution in [0.25, 0.3) is 0 Å². The summed E-state index contributed by atoms with van der Waals surface area (Å²) in [6, 6.07) is 12.6. The zero-order chi connectivity index (χ0) is 20.9. The van der Waals surface area contributed by atoms with Crippen LogP contribution in [0.4, 0.5) is 13.2 Å². The molecule has 1 unspecified atom stereocenters. The second-order valence-electron chi connectivity index (χ2n) is 7.21. The van der Waals surface area contributed by atoms with E-state index in [4.69, 9.17) is 4.74 Å². The molecule has 1 aliphatic heterocycles. The summed E-state index contributed by atoms with van der Waals surface area (Å²) in [4.78, 5) is 14.7. The molecule has 7 heteroatoms. The van der Waals surface area contributed by atoms with Gasteiger partial charge < -0.3 is 10.1 Å². The predicted octanol–water partition coefficient (Wildman–Crippen LogP) is 4.21. The Morgan fingerprint density at radius 1 is 1.14 bits per heavy atom. The molecule has 4 nitrogen and oxygen atoms in total. The summed E-state index contributed by atoms with van der Waals surface area (Å²) in [5.41, 5.74) is 0.907. The van der Waals surface area contributed by atoms with Crippen molar-refractivity contribution in [2.75, 3.05) is 26.7 Å². The highest BCUT2D eigenvalue weighted by Crippen LogP contribution is 2.29. The van der Waals surface area contributed by atoms with Gasteiger partial charge in [-0.1, -0.05) is 24.3 Å². The van der Waals surface area contributed by atoms with E-state index in [9.17, 15) is 18.0 Å². The first kappa shape index (κ1) is 21.2. The fourth-order valence-electron chi connectivity index (χ4n) is 3.63. The normalized spacial score (nSPS) is 15.9. The number of nitrogens with one attached hydrogen (secondary N) is 1. The molecule has 1 saturated heterocycles. The number of hydrogen-bond donors (Lipinski definition) is 1. The van der Waals surface area contributed by atoms with E-state index in [0.717, 1.165) is 49.4 Å². The van der Waals surface area contributed by atoms with Gasteiger partial charge in [0.15, 0.2) is 0 Å². The van der Waals surface area contributed by atoms with Crippen LogP contribution < -0.4 is 10.1 Å². The van der Waals surface area contributed by atoms with Crippen molar-refractivity contribution in [3.05, 3.63) is 65.2 Å². The van der Waals surface area contributed by atoms with Crippen molar-refractivity contribution in [3.8, 4) is 5.75 Å². The van der Waals surface area contributed by atoms with E-state index >= 15 is 0 Å². The van der Waals surface area contributed by atoms with Crippen molar-refractivity contribution in [2.45, 2.75) is 31.5 Å². The maximum Gasteiger partial charge on any atom is 0.416 e.